The Hall–Kier alpha value is -1.60. The number of nitrogens with one attached hydrogen (secondary N) is 1. The van der Waals surface area contributed by atoms with Crippen LogP contribution in [0.25, 0.3) is 0 Å². The lowest BCUT2D eigenvalue weighted by Gasteiger charge is -2.40. The quantitative estimate of drug-likeness (QED) is 0.0195. The van der Waals surface area contributed by atoms with Gasteiger partial charge in [0.15, 0.2) is 6.29 Å². The van der Waals surface area contributed by atoms with Crippen molar-refractivity contribution in [1.29, 1.82) is 0 Å². The van der Waals surface area contributed by atoms with E-state index < -0.39 is 49.5 Å². The molecule has 0 spiro atoms. The standard InChI is InChI=1S/C80H155NO10/c1-3-5-7-9-11-13-15-16-40-43-47-50-54-58-62-66-73(83)72(71-90-80-79(88)78(87)77(86)74(70-82)91-80)81-75(84)67-63-59-55-51-48-44-41-38-36-34-32-30-28-26-24-22-20-18-17-19-21-23-25-27-29-31-33-35-37-39-42-45-49-53-57-61-65-69-89-76(85)68-64-60-56-52-46-14-12-10-8-6-4-2/h62,66,72-74,77-80,82-83,86-88H,3-61,63-65,67-71H2,1-2H3,(H,81,84)/b66-62+. The molecule has 1 amide bonds. The molecule has 1 saturated heterocycles. The van der Waals surface area contributed by atoms with Crippen molar-refractivity contribution < 1.29 is 49.3 Å². The summed E-state index contributed by atoms with van der Waals surface area (Å²) in [6, 6.07) is -0.805. The van der Waals surface area contributed by atoms with Crippen molar-refractivity contribution in [2.45, 2.75) is 468 Å². The summed E-state index contributed by atoms with van der Waals surface area (Å²) in [5.41, 5.74) is 0. The van der Waals surface area contributed by atoms with Gasteiger partial charge in [0.1, 0.15) is 24.4 Å². The number of esters is 1. The van der Waals surface area contributed by atoms with Crippen molar-refractivity contribution in [2.75, 3.05) is 19.8 Å². The second-order valence-corrected chi connectivity index (χ2v) is 28.5. The molecule has 0 saturated carbocycles. The summed E-state index contributed by atoms with van der Waals surface area (Å²) in [5, 5.41) is 54.7. The number of amides is 1. The fourth-order valence-corrected chi connectivity index (χ4v) is 13.3. The van der Waals surface area contributed by atoms with Gasteiger partial charge in [-0.1, -0.05) is 392 Å². The molecule has 0 aromatic carbocycles. The Morgan fingerprint density at radius 1 is 0.396 bits per heavy atom. The van der Waals surface area contributed by atoms with Gasteiger partial charge in [-0.15, -0.1) is 0 Å². The van der Waals surface area contributed by atoms with E-state index in [0.717, 1.165) is 51.4 Å². The van der Waals surface area contributed by atoms with Gasteiger partial charge in [0.2, 0.25) is 5.91 Å². The van der Waals surface area contributed by atoms with Gasteiger partial charge in [-0.25, -0.2) is 0 Å². The fraction of sp³-hybridized carbons (Fsp3) is 0.950. The molecule has 0 aromatic rings. The number of rotatable bonds is 73. The molecule has 1 fully saturated rings. The van der Waals surface area contributed by atoms with Crippen molar-refractivity contribution in [3.8, 4) is 0 Å². The van der Waals surface area contributed by atoms with E-state index in [1.165, 1.54) is 347 Å². The Kier molecular flexibility index (Phi) is 67.0. The number of hydrogen-bond donors (Lipinski definition) is 6. The van der Waals surface area contributed by atoms with Crippen LogP contribution < -0.4 is 5.32 Å². The van der Waals surface area contributed by atoms with Crippen LogP contribution in [0.3, 0.4) is 0 Å². The number of ether oxygens (including phenoxy) is 3. The Balaban J connectivity index is 1.91. The first-order valence-electron chi connectivity index (χ1n) is 40.5. The molecule has 0 radical (unpaired) electrons. The van der Waals surface area contributed by atoms with E-state index >= 15 is 0 Å². The van der Waals surface area contributed by atoms with Crippen LogP contribution >= 0.6 is 0 Å². The maximum Gasteiger partial charge on any atom is 0.305 e. The zero-order valence-electron chi connectivity index (χ0n) is 60.3. The van der Waals surface area contributed by atoms with Gasteiger partial charge in [0, 0.05) is 12.8 Å². The average Bonchev–Trinajstić information content (AvgIpc) is 1.62. The largest absolute Gasteiger partial charge is 0.466 e. The minimum Gasteiger partial charge on any atom is -0.466 e. The highest BCUT2D eigenvalue weighted by atomic mass is 16.7. The van der Waals surface area contributed by atoms with E-state index in [1.807, 2.05) is 6.08 Å². The Morgan fingerprint density at radius 2 is 0.692 bits per heavy atom. The highest BCUT2D eigenvalue weighted by molar-refractivity contribution is 5.76. The van der Waals surface area contributed by atoms with Crippen molar-refractivity contribution >= 4 is 11.9 Å². The fourth-order valence-electron chi connectivity index (χ4n) is 13.3. The monoisotopic (exact) mass is 1290 g/mol. The van der Waals surface area contributed by atoms with Crippen LogP contribution in [0.5, 0.6) is 0 Å². The topological polar surface area (TPSA) is 175 Å². The molecular weight excluding hydrogens is 1130 g/mol. The maximum atomic E-state index is 13.1. The third-order valence-electron chi connectivity index (χ3n) is 19.7. The summed E-state index contributed by atoms with van der Waals surface area (Å²) in [7, 11) is 0. The van der Waals surface area contributed by atoms with Crippen LogP contribution in [0.1, 0.15) is 425 Å². The Morgan fingerprint density at radius 3 is 1.02 bits per heavy atom. The zero-order chi connectivity index (χ0) is 65.8. The van der Waals surface area contributed by atoms with E-state index in [2.05, 4.69) is 19.2 Å². The third-order valence-corrected chi connectivity index (χ3v) is 19.7. The van der Waals surface area contributed by atoms with Crippen molar-refractivity contribution in [1.82, 2.24) is 5.32 Å². The van der Waals surface area contributed by atoms with Crippen molar-refractivity contribution in [3.05, 3.63) is 12.2 Å². The molecule has 1 aliphatic rings. The van der Waals surface area contributed by atoms with Gasteiger partial charge < -0.3 is 45.1 Å². The van der Waals surface area contributed by atoms with Gasteiger partial charge in [0.25, 0.3) is 0 Å². The lowest BCUT2D eigenvalue weighted by atomic mass is 9.99. The summed E-state index contributed by atoms with van der Waals surface area (Å²) in [6.07, 6.45) is 78.1. The first-order chi connectivity index (χ1) is 44.7. The lowest BCUT2D eigenvalue weighted by Crippen LogP contribution is -2.60. The summed E-state index contributed by atoms with van der Waals surface area (Å²) in [4.78, 5) is 25.1. The number of allylic oxidation sites excluding steroid dienone is 1. The molecule has 11 nitrogen and oxygen atoms in total. The highest BCUT2D eigenvalue weighted by Crippen LogP contribution is 2.24. The average molecular weight is 1290 g/mol. The molecule has 6 N–H and O–H groups in total. The minimum absolute atomic E-state index is 0.0179. The van der Waals surface area contributed by atoms with Gasteiger partial charge in [-0.05, 0) is 32.1 Å². The molecule has 1 aliphatic heterocycles. The normalized spacial score (nSPS) is 17.5. The molecule has 0 aromatic heterocycles. The van der Waals surface area contributed by atoms with Crippen molar-refractivity contribution in [2.24, 2.45) is 0 Å². The first kappa shape index (κ1) is 87.4. The first-order valence-corrected chi connectivity index (χ1v) is 40.5. The minimum atomic E-state index is -1.57. The maximum absolute atomic E-state index is 13.1. The molecule has 1 rings (SSSR count). The van der Waals surface area contributed by atoms with E-state index in [-0.39, 0.29) is 18.5 Å². The number of hydrogen-bond acceptors (Lipinski definition) is 10. The Bertz CT molecular complexity index is 1510. The second-order valence-electron chi connectivity index (χ2n) is 28.5. The number of aliphatic hydroxyl groups excluding tert-OH is 5. The van der Waals surface area contributed by atoms with E-state index in [4.69, 9.17) is 14.2 Å². The van der Waals surface area contributed by atoms with Crippen LogP contribution in [-0.2, 0) is 23.8 Å². The summed E-state index contributed by atoms with van der Waals surface area (Å²) in [6.45, 7) is 4.41. The summed E-state index contributed by atoms with van der Waals surface area (Å²) >= 11 is 0. The van der Waals surface area contributed by atoms with Gasteiger partial charge in [-0.2, -0.15) is 0 Å². The third kappa shape index (κ3) is 58.3. The molecule has 0 aliphatic carbocycles. The van der Waals surface area contributed by atoms with Crippen LogP contribution in [0.4, 0.5) is 0 Å². The van der Waals surface area contributed by atoms with Gasteiger partial charge >= 0.3 is 5.97 Å². The van der Waals surface area contributed by atoms with E-state index in [9.17, 15) is 35.1 Å². The smallest absolute Gasteiger partial charge is 0.305 e. The van der Waals surface area contributed by atoms with Gasteiger partial charge in [0.05, 0.1) is 32.0 Å². The summed E-state index contributed by atoms with van der Waals surface area (Å²) < 4.78 is 16.8. The summed E-state index contributed by atoms with van der Waals surface area (Å²) in [5.74, 6) is -0.154. The molecule has 7 atom stereocenters. The predicted molar refractivity (Wildman–Crippen MR) is 385 cm³/mol. The molecular formula is C80H155NO10. The SMILES string of the molecule is CCCCCCCCCCCCCCC/C=C/C(O)C(COC1OC(CO)C(O)C(O)C1O)NC(=O)CCCCCCCCCCCCCCCCCCCCCCCCCCCCCCCCCCCCCCCOC(=O)CCCCCCCCCCCCC. The number of carbonyl (C=O) groups is 2. The van der Waals surface area contributed by atoms with E-state index in [1.54, 1.807) is 6.08 Å². The van der Waals surface area contributed by atoms with Gasteiger partial charge in [-0.3, -0.25) is 9.59 Å². The number of aliphatic hydroxyl groups is 5. The lowest BCUT2D eigenvalue weighted by molar-refractivity contribution is -0.302. The number of unbranched alkanes of at least 4 members (excludes halogenated alkanes) is 59. The molecule has 11 heteroatoms. The van der Waals surface area contributed by atoms with Crippen LogP contribution in [0.2, 0.25) is 0 Å². The van der Waals surface area contributed by atoms with Crippen LogP contribution in [0, 0.1) is 0 Å². The molecule has 91 heavy (non-hydrogen) atoms. The molecule has 540 valence electrons. The zero-order valence-corrected chi connectivity index (χ0v) is 60.3. The van der Waals surface area contributed by atoms with Crippen LogP contribution in [-0.4, -0.2) is 100 Å². The Labute approximate surface area is 563 Å². The predicted octanol–water partition coefficient (Wildman–Crippen LogP) is 21.8. The second kappa shape index (κ2) is 69.7. The number of carbonyl (C=O) groups excluding carboxylic acids is 2. The van der Waals surface area contributed by atoms with Crippen molar-refractivity contribution in [3.63, 3.8) is 0 Å². The van der Waals surface area contributed by atoms with E-state index in [0.29, 0.717) is 19.4 Å². The van der Waals surface area contributed by atoms with Crippen LogP contribution in [0.15, 0.2) is 12.2 Å². The molecule has 1 heterocycles. The highest BCUT2D eigenvalue weighted by Gasteiger charge is 2.44. The molecule has 0 bridgehead atoms. The molecule has 7 unspecified atom stereocenters.